The Balaban J connectivity index is 2.27. The standard InChI is InChI=1S/C62H119NO10/c1-3-5-7-9-11-13-15-17-19-21-23-24-25-26-27-28-29-30-32-34-36-38-40-42-44-46-48-50-55(66)61(71)63-53(52-72-62-60(70)59(69)58(68)56(51-64)73-62)57(67)54(65)49-47-45-43-41-39-37-35-33-31-22-20-18-16-14-12-10-8-6-4-2/h26-27,41,43,53-60,62,64-70H,3-25,28-40,42,44-52H2,1-2H3,(H,63,71)/b27-26-,43-41+. The van der Waals surface area contributed by atoms with Gasteiger partial charge >= 0.3 is 0 Å². The zero-order valence-corrected chi connectivity index (χ0v) is 47.4. The quantitative estimate of drug-likeness (QED) is 0.0215. The van der Waals surface area contributed by atoms with Gasteiger partial charge in [-0.05, 0) is 64.2 Å². The van der Waals surface area contributed by atoms with E-state index in [2.05, 4.69) is 43.5 Å². The Morgan fingerprint density at radius 2 is 0.808 bits per heavy atom. The monoisotopic (exact) mass is 1040 g/mol. The van der Waals surface area contributed by atoms with E-state index in [9.17, 15) is 40.5 Å². The van der Waals surface area contributed by atoms with Crippen molar-refractivity contribution in [2.75, 3.05) is 13.2 Å². The van der Waals surface area contributed by atoms with Gasteiger partial charge in [-0.3, -0.25) is 4.79 Å². The van der Waals surface area contributed by atoms with Gasteiger partial charge in [-0.15, -0.1) is 0 Å². The average molecular weight is 1040 g/mol. The number of aliphatic hydroxyl groups is 7. The number of carbonyl (C=O) groups excluding carboxylic acids is 1. The van der Waals surface area contributed by atoms with E-state index in [0.29, 0.717) is 12.8 Å². The first kappa shape index (κ1) is 69.6. The Bertz CT molecular complexity index is 1240. The van der Waals surface area contributed by atoms with E-state index in [0.717, 1.165) is 38.5 Å². The summed E-state index contributed by atoms with van der Waals surface area (Å²) in [6.07, 6.45) is 51.0. The van der Waals surface area contributed by atoms with Gasteiger partial charge in [0.1, 0.15) is 36.6 Å². The van der Waals surface area contributed by atoms with Crippen molar-refractivity contribution in [3.63, 3.8) is 0 Å². The number of nitrogens with one attached hydrogen (secondary N) is 1. The SMILES string of the molecule is CCCCCCCCCCCCCC/C=C\CCCCCCCCCCCCCC(O)C(=O)NC(COC1OC(CO)C(O)C(O)C1O)C(O)C(O)CCC/C=C/CCCCCCCCCCCCCCCC. The summed E-state index contributed by atoms with van der Waals surface area (Å²) in [6, 6.07) is -1.18. The second-order valence-corrected chi connectivity index (χ2v) is 22.1. The molecule has 1 fully saturated rings. The first-order valence-electron chi connectivity index (χ1n) is 31.2. The van der Waals surface area contributed by atoms with Crippen molar-refractivity contribution in [1.29, 1.82) is 0 Å². The van der Waals surface area contributed by atoms with E-state index in [1.807, 2.05) is 0 Å². The van der Waals surface area contributed by atoms with E-state index in [-0.39, 0.29) is 12.8 Å². The van der Waals surface area contributed by atoms with Crippen molar-refractivity contribution < 1.29 is 50.0 Å². The van der Waals surface area contributed by atoms with E-state index in [1.165, 1.54) is 218 Å². The van der Waals surface area contributed by atoms with Crippen molar-refractivity contribution in [1.82, 2.24) is 5.32 Å². The lowest BCUT2D eigenvalue weighted by Gasteiger charge is -2.40. The molecule has 9 atom stereocenters. The van der Waals surface area contributed by atoms with Crippen molar-refractivity contribution in [2.45, 2.75) is 351 Å². The minimum absolute atomic E-state index is 0.255. The Morgan fingerprint density at radius 3 is 1.18 bits per heavy atom. The second-order valence-electron chi connectivity index (χ2n) is 22.1. The molecule has 0 bridgehead atoms. The molecule has 9 unspecified atom stereocenters. The lowest BCUT2D eigenvalue weighted by Crippen LogP contribution is -2.60. The summed E-state index contributed by atoms with van der Waals surface area (Å²) in [6.45, 7) is 3.48. The third-order valence-electron chi connectivity index (χ3n) is 15.2. The molecule has 1 saturated heterocycles. The lowest BCUT2D eigenvalue weighted by molar-refractivity contribution is -0.303. The van der Waals surface area contributed by atoms with Crippen molar-refractivity contribution in [3.05, 3.63) is 24.3 Å². The van der Waals surface area contributed by atoms with Crippen LogP contribution in [0.25, 0.3) is 0 Å². The van der Waals surface area contributed by atoms with Crippen LogP contribution < -0.4 is 5.32 Å². The maximum Gasteiger partial charge on any atom is 0.249 e. The number of amides is 1. The Hall–Kier alpha value is -1.41. The predicted molar refractivity (Wildman–Crippen MR) is 302 cm³/mol. The van der Waals surface area contributed by atoms with Crippen LogP contribution in [0.15, 0.2) is 24.3 Å². The largest absolute Gasteiger partial charge is 0.394 e. The fourth-order valence-corrected chi connectivity index (χ4v) is 10.1. The number of rotatable bonds is 54. The van der Waals surface area contributed by atoms with Crippen LogP contribution in [0.3, 0.4) is 0 Å². The summed E-state index contributed by atoms with van der Waals surface area (Å²) in [4.78, 5) is 13.2. The van der Waals surface area contributed by atoms with Gasteiger partial charge in [0.25, 0.3) is 0 Å². The summed E-state index contributed by atoms with van der Waals surface area (Å²) >= 11 is 0. The second kappa shape index (κ2) is 51.4. The van der Waals surface area contributed by atoms with Gasteiger partial charge in [-0.1, -0.05) is 256 Å². The van der Waals surface area contributed by atoms with Crippen LogP contribution in [0.5, 0.6) is 0 Å². The van der Waals surface area contributed by atoms with Gasteiger partial charge in [0.05, 0.1) is 25.4 Å². The van der Waals surface area contributed by atoms with Crippen LogP contribution >= 0.6 is 0 Å². The number of hydrogen-bond acceptors (Lipinski definition) is 10. The molecule has 1 rings (SSSR count). The number of aliphatic hydroxyl groups excluding tert-OH is 7. The van der Waals surface area contributed by atoms with Crippen LogP contribution in [0.2, 0.25) is 0 Å². The summed E-state index contributed by atoms with van der Waals surface area (Å²) in [5, 5.41) is 76.2. The van der Waals surface area contributed by atoms with Crippen molar-refractivity contribution in [3.8, 4) is 0 Å². The van der Waals surface area contributed by atoms with E-state index in [4.69, 9.17) is 9.47 Å². The molecular formula is C62H119NO10. The number of ether oxygens (including phenoxy) is 2. The molecule has 432 valence electrons. The fourth-order valence-electron chi connectivity index (χ4n) is 10.1. The highest BCUT2D eigenvalue weighted by Crippen LogP contribution is 2.23. The molecule has 1 aliphatic heterocycles. The maximum absolute atomic E-state index is 13.2. The topological polar surface area (TPSA) is 189 Å². The number of unbranched alkanes of at least 4 members (excludes halogenated alkanes) is 38. The summed E-state index contributed by atoms with van der Waals surface area (Å²) in [7, 11) is 0. The fraction of sp³-hybridized carbons (Fsp3) is 0.919. The van der Waals surface area contributed by atoms with Gasteiger partial charge in [0, 0.05) is 0 Å². The molecule has 0 aromatic carbocycles. The lowest BCUT2D eigenvalue weighted by atomic mass is 9.98. The third-order valence-corrected chi connectivity index (χ3v) is 15.2. The van der Waals surface area contributed by atoms with Crippen LogP contribution in [-0.2, 0) is 14.3 Å². The van der Waals surface area contributed by atoms with Gasteiger partial charge in [-0.25, -0.2) is 0 Å². The summed E-state index contributed by atoms with van der Waals surface area (Å²) in [5.41, 5.74) is 0. The van der Waals surface area contributed by atoms with Crippen LogP contribution in [0.1, 0.15) is 296 Å². The molecule has 1 aliphatic rings. The van der Waals surface area contributed by atoms with Gasteiger partial charge < -0.3 is 50.5 Å². The molecule has 0 radical (unpaired) electrons. The van der Waals surface area contributed by atoms with E-state index >= 15 is 0 Å². The smallest absolute Gasteiger partial charge is 0.249 e. The zero-order valence-electron chi connectivity index (χ0n) is 47.4. The van der Waals surface area contributed by atoms with Gasteiger partial charge in [0.15, 0.2) is 6.29 Å². The highest BCUT2D eigenvalue weighted by Gasteiger charge is 2.44. The number of hydrogen-bond donors (Lipinski definition) is 8. The molecule has 1 amide bonds. The number of carbonyl (C=O) groups is 1. The van der Waals surface area contributed by atoms with Gasteiger partial charge in [-0.2, -0.15) is 0 Å². The molecular weight excluding hydrogens is 919 g/mol. The van der Waals surface area contributed by atoms with E-state index in [1.54, 1.807) is 0 Å². The normalized spacial score (nSPS) is 20.0. The molecule has 73 heavy (non-hydrogen) atoms. The van der Waals surface area contributed by atoms with E-state index < -0.39 is 74.2 Å². The maximum atomic E-state index is 13.2. The Labute approximate surface area is 448 Å². The third kappa shape index (κ3) is 39.6. The first-order valence-corrected chi connectivity index (χ1v) is 31.2. The van der Waals surface area contributed by atoms with Gasteiger partial charge in [0.2, 0.25) is 5.91 Å². The molecule has 11 heteroatoms. The summed E-state index contributed by atoms with van der Waals surface area (Å²) < 4.78 is 11.1. The highest BCUT2D eigenvalue weighted by molar-refractivity contribution is 5.80. The Morgan fingerprint density at radius 1 is 0.466 bits per heavy atom. The molecule has 0 aromatic heterocycles. The van der Waals surface area contributed by atoms with Crippen LogP contribution in [0.4, 0.5) is 0 Å². The molecule has 0 saturated carbocycles. The Kier molecular flexibility index (Phi) is 49.0. The van der Waals surface area contributed by atoms with Crippen LogP contribution in [-0.4, -0.2) is 110 Å². The number of allylic oxidation sites excluding steroid dienone is 4. The summed E-state index contributed by atoms with van der Waals surface area (Å²) in [5.74, 6) is -0.703. The highest BCUT2D eigenvalue weighted by atomic mass is 16.7. The molecule has 1 heterocycles. The molecule has 0 aromatic rings. The predicted octanol–water partition coefficient (Wildman–Crippen LogP) is 13.7. The minimum atomic E-state index is -1.67. The van der Waals surface area contributed by atoms with Crippen molar-refractivity contribution >= 4 is 5.91 Å². The average Bonchev–Trinajstić information content (AvgIpc) is 3.39. The molecule has 8 N–H and O–H groups in total. The zero-order chi connectivity index (χ0) is 53.3. The van der Waals surface area contributed by atoms with Crippen molar-refractivity contribution in [2.24, 2.45) is 0 Å². The molecule has 11 nitrogen and oxygen atoms in total. The first-order chi connectivity index (χ1) is 35.7. The molecule has 0 aliphatic carbocycles. The van der Waals surface area contributed by atoms with Crippen LogP contribution in [0, 0.1) is 0 Å². The minimum Gasteiger partial charge on any atom is -0.394 e. The molecule has 0 spiro atoms.